The number of anilines is 3. The number of amides is 3. The van der Waals surface area contributed by atoms with Crippen LogP contribution < -0.4 is 20.7 Å². The molecule has 186 valence electrons. The van der Waals surface area contributed by atoms with Crippen LogP contribution in [0.5, 0.6) is 5.75 Å². The van der Waals surface area contributed by atoms with E-state index in [1.54, 1.807) is 44.2 Å². The minimum Gasteiger partial charge on any atom is -0.479 e. The fraction of sp³-hybridized carbons (Fsp3) is 0.375. The van der Waals surface area contributed by atoms with Crippen molar-refractivity contribution >= 4 is 44.8 Å². The van der Waals surface area contributed by atoms with Gasteiger partial charge in [0.1, 0.15) is 5.75 Å². The molecule has 10 nitrogen and oxygen atoms in total. The second-order valence-corrected chi connectivity index (χ2v) is 10.7. The van der Waals surface area contributed by atoms with Crippen molar-refractivity contribution in [1.82, 2.24) is 4.31 Å². The van der Waals surface area contributed by atoms with Crippen LogP contribution in [0.4, 0.5) is 17.1 Å². The molecule has 4 rings (SSSR count). The number of hydrogen-bond donors (Lipinski definition) is 3. The van der Waals surface area contributed by atoms with E-state index in [1.165, 1.54) is 17.3 Å². The van der Waals surface area contributed by atoms with Crippen LogP contribution in [0.25, 0.3) is 0 Å². The van der Waals surface area contributed by atoms with E-state index in [-0.39, 0.29) is 29.2 Å². The van der Waals surface area contributed by atoms with Gasteiger partial charge in [-0.15, -0.1) is 0 Å². The number of sulfonamides is 1. The van der Waals surface area contributed by atoms with Gasteiger partial charge in [0.25, 0.3) is 5.91 Å². The molecule has 0 aliphatic carbocycles. The first-order valence-corrected chi connectivity index (χ1v) is 12.8. The normalized spacial score (nSPS) is 20.3. The van der Waals surface area contributed by atoms with Crippen molar-refractivity contribution in [2.75, 3.05) is 29.0 Å². The predicted molar refractivity (Wildman–Crippen MR) is 131 cm³/mol. The van der Waals surface area contributed by atoms with Crippen LogP contribution in [0, 0.1) is 12.8 Å². The van der Waals surface area contributed by atoms with Crippen LogP contribution in [0.3, 0.4) is 0 Å². The number of carbonyl (C=O) groups excluding carboxylic acids is 3. The van der Waals surface area contributed by atoms with E-state index in [0.29, 0.717) is 47.8 Å². The van der Waals surface area contributed by atoms with Crippen molar-refractivity contribution in [2.45, 2.75) is 44.6 Å². The molecule has 0 spiro atoms. The summed E-state index contributed by atoms with van der Waals surface area (Å²) >= 11 is 0. The Labute approximate surface area is 204 Å². The number of nitrogens with zero attached hydrogens (tertiary/aromatic N) is 1. The highest BCUT2D eigenvalue weighted by Crippen LogP contribution is 2.36. The molecule has 11 heteroatoms. The van der Waals surface area contributed by atoms with E-state index in [1.807, 2.05) is 0 Å². The van der Waals surface area contributed by atoms with Crippen LogP contribution in [0.1, 0.15) is 32.3 Å². The lowest BCUT2D eigenvalue weighted by molar-refractivity contribution is -0.123. The van der Waals surface area contributed by atoms with Gasteiger partial charge < -0.3 is 20.7 Å². The zero-order valence-corrected chi connectivity index (χ0v) is 20.6. The Morgan fingerprint density at radius 2 is 1.77 bits per heavy atom. The Morgan fingerprint density at radius 1 is 1.11 bits per heavy atom. The molecule has 3 amide bonds. The van der Waals surface area contributed by atoms with Crippen molar-refractivity contribution in [3.63, 3.8) is 0 Å². The number of ether oxygens (including phenoxy) is 1. The van der Waals surface area contributed by atoms with Gasteiger partial charge in [-0.2, -0.15) is 4.31 Å². The zero-order valence-electron chi connectivity index (χ0n) is 19.8. The highest BCUT2D eigenvalue weighted by Gasteiger charge is 2.35. The van der Waals surface area contributed by atoms with Crippen molar-refractivity contribution in [3.8, 4) is 5.75 Å². The summed E-state index contributed by atoms with van der Waals surface area (Å²) in [6.45, 7) is 5.03. The van der Waals surface area contributed by atoms with Crippen molar-refractivity contribution in [3.05, 3.63) is 42.0 Å². The lowest BCUT2D eigenvalue weighted by atomic mass is 9.98. The Kier molecular flexibility index (Phi) is 6.82. The molecule has 0 aromatic heterocycles. The average molecular weight is 501 g/mol. The Morgan fingerprint density at radius 3 is 2.43 bits per heavy atom. The number of rotatable bonds is 5. The minimum atomic E-state index is -3.89. The molecular formula is C24H28N4O6S. The summed E-state index contributed by atoms with van der Waals surface area (Å²) in [4.78, 5) is 36.0. The number of hydrogen-bond acceptors (Lipinski definition) is 6. The minimum absolute atomic E-state index is 0.0582. The fourth-order valence-electron chi connectivity index (χ4n) is 4.22. The first kappa shape index (κ1) is 24.7. The van der Waals surface area contributed by atoms with Gasteiger partial charge in [0.15, 0.2) is 6.10 Å². The lowest BCUT2D eigenvalue weighted by Crippen LogP contribution is -2.44. The Balaban J connectivity index is 1.48. The van der Waals surface area contributed by atoms with Crippen molar-refractivity contribution < 1.29 is 27.5 Å². The molecule has 0 unspecified atom stereocenters. The number of piperidine rings is 1. The van der Waals surface area contributed by atoms with Crippen molar-refractivity contribution in [1.29, 1.82) is 0 Å². The van der Waals surface area contributed by atoms with Gasteiger partial charge in [-0.25, -0.2) is 8.42 Å². The highest BCUT2D eigenvalue weighted by molar-refractivity contribution is 7.89. The molecule has 3 N–H and O–H groups in total. The first-order valence-electron chi connectivity index (χ1n) is 11.4. The highest BCUT2D eigenvalue weighted by atomic mass is 32.2. The van der Waals surface area contributed by atoms with Gasteiger partial charge in [0.05, 0.1) is 16.5 Å². The third-order valence-electron chi connectivity index (χ3n) is 6.05. The summed E-state index contributed by atoms with van der Waals surface area (Å²) in [6, 6.07) is 9.74. The van der Waals surface area contributed by atoms with Gasteiger partial charge in [0, 0.05) is 37.5 Å². The standard InChI is InChI=1S/C24H28N4O6S/c1-14-11-20-21(34-15(2)23(30)27-20)12-22(14)35(32,33)28-10-4-5-17(13-28)24(31)26-19-8-6-18(7-9-19)25-16(3)29/h6-9,11-12,15,17H,4-5,10,13H2,1-3H3,(H,25,29)(H,26,31)(H,27,30)/t15-,17-/m1/s1. The summed E-state index contributed by atoms with van der Waals surface area (Å²) in [5.74, 6) is -0.955. The molecule has 2 aromatic carbocycles. The number of fused-ring (bicyclic) bond motifs is 1. The molecule has 2 atom stereocenters. The maximum Gasteiger partial charge on any atom is 0.265 e. The average Bonchev–Trinajstić information content (AvgIpc) is 2.81. The Bertz CT molecular complexity index is 1280. The molecule has 0 bridgehead atoms. The molecule has 1 saturated heterocycles. The second kappa shape index (κ2) is 9.67. The SMILES string of the molecule is CC(=O)Nc1ccc(NC(=O)[C@@H]2CCCN(S(=O)(=O)c3cc4c(cc3C)NC(=O)[C@@H](C)O4)C2)cc1. The molecule has 2 aromatic rings. The summed E-state index contributed by atoms with van der Waals surface area (Å²) < 4.78 is 33.9. The van der Waals surface area contributed by atoms with Crippen molar-refractivity contribution in [2.24, 2.45) is 5.92 Å². The van der Waals surface area contributed by atoms with Crippen LogP contribution >= 0.6 is 0 Å². The molecule has 35 heavy (non-hydrogen) atoms. The smallest absolute Gasteiger partial charge is 0.265 e. The monoisotopic (exact) mass is 500 g/mol. The van der Waals surface area contributed by atoms with Gasteiger partial charge in [-0.1, -0.05) is 0 Å². The summed E-state index contributed by atoms with van der Waals surface area (Å²) in [7, 11) is -3.89. The van der Waals surface area contributed by atoms with Crippen LogP contribution in [0.15, 0.2) is 41.3 Å². The van der Waals surface area contributed by atoms with E-state index < -0.39 is 22.0 Å². The number of aryl methyl sites for hydroxylation is 1. The van der Waals surface area contributed by atoms with Crippen LogP contribution in [-0.2, 0) is 24.4 Å². The second-order valence-electron chi connectivity index (χ2n) is 8.81. The molecule has 2 heterocycles. The van der Waals surface area contributed by atoms with Gasteiger partial charge in [-0.05, 0) is 62.6 Å². The number of nitrogens with one attached hydrogen (secondary N) is 3. The predicted octanol–water partition coefficient (Wildman–Crippen LogP) is 2.71. The molecule has 2 aliphatic heterocycles. The Hall–Kier alpha value is -3.44. The topological polar surface area (TPSA) is 134 Å². The molecule has 0 radical (unpaired) electrons. The summed E-state index contributed by atoms with van der Waals surface area (Å²) in [5.41, 5.74) is 2.09. The van der Waals surface area contributed by atoms with Gasteiger partial charge >= 0.3 is 0 Å². The van der Waals surface area contributed by atoms with E-state index in [0.717, 1.165) is 0 Å². The molecule has 0 saturated carbocycles. The lowest BCUT2D eigenvalue weighted by Gasteiger charge is -2.32. The largest absolute Gasteiger partial charge is 0.479 e. The summed E-state index contributed by atoms with van der Waals surface area (Å²) in [6.07, 6.45) is 0.389. The van der Waals surface area contributed by atoms with Gasteiger partial charge in [-0.3, -0.25) is 14.4 Å². The summed E-state index contributed by atoms with van der Waals surface area (Å²) in [5, 5.41) is 8.21. The molecular weight excluding hydrogens is 472 g/mol. The fourth-order valence-corrected chi connectivity index (χ4v) is 5.96. The van der Waals surface area contributed by atoms with E-state index in [2.05, 4.69) is 16.0 Å². The number of benzene rings is 2. The van der Waals surface area contributed by atoms with Crippen LogP contribution in [0.2, 0.25) is 0 Å². The first-order chi connectivity index (χ1) is 16.5. The van der Waals surface area contributed by atoms with Crippen LogP contribution in [-0.4, -0.2) is 49.6 Å². The maximum absolute atomic E-state index is 13.5. The molecule has 1 fully saturated rings. The molecule has 2 aliphatic rings. The quantitative estimate of drug-likeness (QED) is 0.578. The van der Waals surface area contributed by atoms with E-state index in [9.17, 15) is 22.8 Å². The van der Waals surface area contributed by atoms with E-state index >= 15 is 0 Å². The van der Waals surface area contributed by atoms with E-state index in [4.69, 9.17) is 4.74 Å². The third-order valence-corrected chi connectivity index (χ3v) is 8.06. The number of carbonyl (C=O) groups is 3. The maximum atomic E-state index is 13.5. The third kappa shape index (κ3) is 5.30. The zero-order chi connectivity index (χ0) is 25.3. The van der Waals surface area contributed by atoms with Gasteiger partial charge in [0.2, 0.25) is 21.8 Å².